The van der Waals surface area contributed by atoms with Crippen LogP contribution >= 0.6 is 11.6 Å². The molecule has 0 amide bonds. The first-order valence-electron chi connectivity index (χ1n) is 5.64. The van der Waals surface area contributed by atoms with E-state index in [0.29, 0.717) is 17.5 Å². The Morgan fingerprint density at radius 2 is 2.19 bits per heavy atom. The molecule has 0 bridgehead atoms. The third-order valence-corrected chi connectivity index (χ3v) is 3.55. The minimum atomic E-state index is -1.04. The number of aryl methyl sites for hydroxylation is 1. The van der Waals surface area contributed by atoms with E-state index in [1.165, 1.54) is 12.8 Å². The first-order valence-corrected chi connectivity index (χ1v) is 6.02. The van der Waals surface area contributed by atoms with Gasteiger partial charge in [-0.05, 0) is 19.8 Å². The average Bonchev–Trinajstić information content (AvgIpc) is 2.83. The summed E-state index contributed by atoms with van der Waals surface area (Å²) < 4.78 is 1.74. The van der Waals surface area contributed by atoms with Gasteiger partial charge in [0, 0.05) is 12.5 Å². The van der Waals surface area contributed by atoms with Crippen LogP contribution in [-0.4, -0.2) is 20.9 Å². The lowest BCUT2D eigenvalue weighted by molar-refractivity contribution is 0.0689. The van der Waals surface area contributed by atoms with Gasteiger partial charge in [-0.3, -0.25) is 4.68 Å². The molecule has 0 aromatic carbocycles. The molecular formula is C11H15ClN2O2. The fourth-order valence-electron chi connectivity index (χ4n) is 2.42. The summed E-state index contributed by atoms with van der Waals surface area (Å²) in [5.74, 6) is -0.663. The molecular weight excluding hydrogens is 228 g/mol. The number of carboxylic acid groups (broad SMARTS) is 1. The maximum atomic E-state index is 11.0. The number of nitrogens with zero attached hydrogens (tertiary/aromatic N) is 2. The van der Waals surface area contributed by atoms with Crippen LogP contribution in [0.15, 0.2) is 0 Å². The molecule has 16 heavy (non-hydrogen) atoms. The van der Waals surface area contributed by atoms with E-state index in [4.69, 9.17) is 16.7 Å². The number of carbonyl (C=O) groups is 1. The summed E-state index contributed by atoms with van der Waals surface area (Å²) in [4.78, 5) is 11.0. The van der Waals surface area contributed by atoms with Gasteiger partial charge < -0.3 is 5.11 Å². The summed E-state index contributed by atoms with van der Waals surface area (Å²) in [6.45, 7) is 2.62. The van der Waals surface area contributed by atoms with Gasteiger partial charge in [0.25, 0.3) is 0 Å². The van der Waals surface area contributed by atoms with Gasteiger partial charge in [0.15, 0.2) is 5.69 Å². The van der Waals surface area contributed by atoms with Crippen LogP contribution in [0.3, 0.4) is 0 Å². The van der Waals surface area contributed by atoms with Crippen LogP contribution in [0.1, 0.15) is 54.7 Å². The van der Waals surface area contributed by atoms with Gasteiger partial charge in [0.05, 0.1) is 10.7 Å². The van der Waals surface area contributed by atoms with Crippen molar-refractivity contribution in [2.75, 3.05) is 0 Å². The number of aromatic nitrogens is 2. The first-order chi connectivity index (χ1) is 7.65. The van der Waals surface area contributed by atoms with Gasteiger partial charge >= 0.3 is 5.97 Å². The predicted molar refractivity (Wildman–Crippen MR) is 61.1 cm³/mol. The third kappa shape index (κ3) is 1.82. The zero-order valence-corrected chi connectivity index (χ0v) is 10.00. The van der Waals surface area contributed by atoms with Gasteiger partial charge in [-0.25, -0.2) is 4.79 Å². The Morgan fingerprint density at radius 3 is 2.69 bits per heavy atom. The van der Waals surface area contributed by atoms with E-state index in [-0.39, 0.29) is 5.69 Å². The van der Waals surface area contributed by atoms with Gasteiger partial charge in [0.1, 0.15) is 0 Å². The van der Waals surface area contributed by atoms with Gasteiger partial charge in [0.2, 0.25) is 0 Å². The van der Waals surface area contributed by atoms with Crippen molar-refractivity contribution in [1.29, 1.82) is 0 Å². The van der Waals surface area contributed by atoms with E-state index in [0.717, 1.165) is 18.5 Å². The highest BCUT2D eigenvalue weighted by Gasteiger charge is 2.28. The molecule has 0 atom stereocenters. The molecule has 0 saturated heterocycles. The van der Waals surface area contributed by atoms with Crippen LogP contribution in [0.4, 0.5) is 0 Å². The number of hydrogen-bond donors (Lipinski definition) is 1. The molecule has 1 aliphatic carbocycles. The average molecular weight is 243 g/mol. The van der Waals surface area contributed by atoms with Crippen molar-refractivity contribution in [1.82, 2.24) is 9.78 Å². The minimum Gasteiger partial charge on any atom is -0.476 e. The second kappa shape index (κ2) is 4.45. The van der Waals surface area contributed by atoms with E-state index >= 15 is 0 Å². The van der Waals surface area contributed by atoms with Crippen molar-refractivity contribution >= 4 is 17.6 Å². The highest BCUT2D eigenvalue weighted by Crippen LogP contribution is 2.38. The molecule has 1 saturated carbocycles. The maximum Gasteiger partial charge on any atom is 0.357 e. The van der Waals surface area contributed by atoms with Crippen molar-refractivity contribution in [3.63, 3.8) is 0 Å². The molecule has 0 spiro atoms. The van der Waals surface area contributed by atoms with Gasteiger partial charge in [-0.15, -0.1) is 0 Å². The van der Waals surface area contributed by atoms with Crippen LogP contribution in [0.25, 0.3) is 0 Å². The lowest BCUT2D eigenvalue weighted by Crippen LogP contribution is -2.06. The van der Waals surface area contributed by atoms with Gasteiger partial charge in [-0.2, -0.15) is 5.10 Å². The highest BCUT2D eigenvalue weighted by molar-refractivity contribution is 6.34. The second-order valence-corrected chi connectivity index (χ2v) is 4.53. The molecule has 88 valence electrons. The Hall–Kier alpha value is -1.03. The number of rotatable bonds is 3. The van der Waals surface area contributed by atoms with Crippen LogP contribution in [0, 0.1) is 0 Å². The van der Waals surface area contributed by atoms with E-state index in [1.54, 1.807) is 4.68 Å². The molecule has 1 aromatic rings. The SMILES string of the molecule is CCn1nc(C(=O)O)c(Cl)c1C1CCCC1. The lowest BCUT2D eigenvalue weighted by atomic mass is 10.0. The van der Waals surface area contributed by atoms with Crippen LogP contribution in [0.5, 0.6) is 0 Å². The Labute approximate surface area is 99.2 Å². The van der Waals surface area contributed by atoms with Crippen molar-refractivity contribution in [2.24, 2.45) is 0 Å². The quantitative estimate of drug-likeness (QED) is 0.887. The van der Waals surface area contributed by atoms with E-state index in [9.17, 15) is 4.79 Å². The molecule has 4 nitrogen and oxygen atoms in total. The zero-order chi connectivity index (χ0) is 11.7. The molecule has 1 heterocycles. The van der Waals surface area contributed by atoms with Crippen molar-refractivity contribution in [3.8, 4) is 0 Å². The molecule has 1 aromatic heterocycles. The summed E-state index contributed by atoms with van der Waals surface area (Å²) in [7, 11) is 0. The molecule has 1 aliphatic rings. The number of hydrogen-bond acceptors (Lipinski definition) is 2. The zero-order valence-electron chi connectivity index (χ0n) is 9.24. The summed E-state index contributed by atoms with van der Waals surface area (Å²) in [6.07, 6.45) is 4.56. The topological polar surface area (TPSA) is 55.1 Å². The largest absolute Gasteiger partial charge is 0.476 e. The Bertz CT molecular complexity index is 408. The number of halogens is 1. The Kier molecular flexibility index (Phi) is 3.19. The first kappa shape index (κ1) is 11.5. The van der Waals surface area contributed by atoms with Crippen molar-refractivity contribution < 1.29 is 9.90 Å². The lowest BCUT2D eigenvalue weighted by Gasteiger charge is -2.11. The molecule has 1 N–H and O–H groups in total. The summed E-state index contributed by atoms with van der Waals surface area (Å²) in [6, 6.07) is 0. The molecule has 2 rings (SSSR count). The van der Waals surface area contributed by atoms with Gasteiger partial charge in [-0.1, -0.05) is 24.4 Å². The smallest absolute Gasteiger partial charge is 0.357 e. The number of carboxylic acids is 1. The normalized spacial score (nSPS) is 16.9. The maximum absolute atomic E-state index is 11.0. The van der Waals surface area contributed by atoms with Crippen LogP contribution in [-0.2, 0) is 6.54 Å². The molecule has 0 aliphatic heterocycles. The fourth-order valence-corrected chi connectivity index (χ4v) is 2.79. The molecule has 5 heteroatoms. The summed E-state index contributed by atoms with van der Waals surface area (Å²) in [5, 5.41) is 13.4. The molecule has 0 unspecified atom stereocenters. The molecule has 1 fully saturated rings. The monoisotopic (exact) mass is 242 g/mol. The number of aromatic carboxylic acids is 1. The predicted octanol–water partition coefficient (Wildman–Crippen LogP) is 2.91. The Balaban J connectivity index is 2.45. The minimum absolute atomic E-state index is 0.00887. The van der Waals surface area contributed by atoms with Crippen LogP contribution < -0.4 is 0 Å². The standard InChI is InChI=1S/C11H15ClN2O2/c1-2-14-10(7-5-3-4-6-7)8(12)9(13-14)11(15)16/h7H,2-6H2,1H3,(H,15,16). The summed E-state index contributed by atoms with van der Waals surface area (Å²) in [5.41, 5.74) is 0.907. The van der Waals surface area contributed by atoms with E-state index < -0.39 is 5.97 Å². The molecule has 0 radical (unpaired) electrons. The van der Waals surface area contributed by atoms with E-state index in [2.05, 4.69) is 5.10 Å². The van der Waals surface area contributed by atoms with Crippen LogP contribution in [0.2, 0.25) is 5.02 Å². The third-order valence-electron chi connectivity index (χ3n) is 3.18. The Morgan fingerprint density at radius 1 is 1.56 bits per heavy atom. The fraction of sp³-hybridized carbons (Fsp3) is 0.636. The van der Waals surface area contributed by atoms with Crippen molar-refractivity contribution in [3.05, 3.63) is 16.4 Å². The summed E-state index contributed by atoms with van der Waals surface area (Å²) >= 11 is 6.12. The van der Waals surface area contributed by atoms with Crippen molar-refractivity contribution in [2.45, 2.75) is 45.1 Å². The highest BCUT2D eigenvalue weighted by atomic mass is 35.5. The second-order valence-electron chi connectivity index (χ2n) is 4.15. The van der Waals surface area contributed by atoms with E-state index in [1.807, 2.05) is 6.92 Å².